The monoisotopic (exact) mass is 295 g/mol. The van der Waals surface area contributed by atoms with E-state index in [1.165, 1.54) is 6.42 Å². The lowest BCUT2D eigenvalue weighted by Crippen LogP contribution is -2.53. The Morgan fingerprint density at radius 3 is 2.10 bits per heavy atom. The van der Waals surface area contributed by atoms with Gasteiger partial charge in [-0.15, -0.1) is 0 Å². The smallest absolute Gasteiger partial charge is 0.0661 e. The van der Waals surface area contributed by atoms with Gasteiger partial charge in [-0.05, 0) is 42.2 Å². The molecule has 1 aliphatic carbocycles. The Kier molecular flexibility index (Phi) is 4.10. The lowest BCUT2D eigenvalue weighted by atomic mass is 9.58. The van der Waals surface area contributed by atoms with Crippen molar-refractivity contribution in [1.29, 1.82) is 0 Å². The van der Waals surface area contributed by atoms with Crippen LogP contribution in [0.4, 0.5) is 5.69 Å². The second kappa shape index (κ2) is 5.23. The van der Waals surface area contributed by atoms with E-state index in [4.69, 9.17) is 11.6 Å². The zero-order valence-corrected chi connectivity index (χ0v) is 13.7. The van der Waals surface area contributed by atoms with E-state index in [0.717, 1.165) is 18.5 Å². The number of benzene rings is 1. The van der Waals surface area contributed by atoms with Crippen molar-refractivity contribution in [1.82, 2.24) is 0 Å². The molecular weight excluding hydrogens is 270 g/mol. The van der Waals surface area contributed by atoms with E-state index < -0.39 is 0 Å². The second-order valence-corrected chi connectivity index (χ2v) is 8.31. The van der Waals surface area contributed by atoms with Gasteiger partial charge in [-0.3, -0.25) is 0 Å². The highest BCUT2D eigenvalue weighted by Gasteiger charge is 2.47. The van der Waals surface area contributed by atoms with Crippen LogP contribution in [0.1, 0.15) is 47.0 Å². The molecule has 2 nitrogen and oxygen atoms in total. The van der Waals surface area contributed by atoms with Gasteiger partial charge in [0.15, 0.2) is 0 Å². The second-order valence-electron chi connectivity index (χ2n) is 7.90. The molecule has 112 valence electrons. The van der Waals surface area contributed by atoms with E-state index in [0.29, 0.717) is 5.02 Å². The number of hydrogen-bond donors (Lipinski definition) is 2. The zero-order valence-electron chi connectivity index (χ0n) is 13.0. The fourth-order valence-corrected chi connectivity index (χ4v) is 4.59. The summed E-state index contributed by atoms with van der Waals surface area (Å²) >= 11 is 6.26. The van der Waals surface area contributed by atoms with Crippen molar-refractivity contribution in [3.63, 3.8) is 0 Å². The molecule has 0 bridgehead atoms. The number of aliphatic hydroxyl groups excluding tert-OH is 1. The molecule has 2 N–H and O–H groups in total. The van der Waals surface area contributed by atoms with Crippen LogP contribution in [0.25, 0.3) is 0 Å². The zero-order chi connectivity index (χ0) is 15.0. The van der Waals surface area contributed by atoms with Crippen molar-refractivity contribution in [2.75, 3.05) is 11.9 Å². The minimum absolute atomic E-state index is 0.130. The maximum atomic E-state index is 10.1. The van der Waals surface area contributed by atoms with Crippen LogP contribution in [0.5, 0.6) is 0 Å². The number of halogens is 1. The van der Waals surface area contributed by atoms with E-state index in [2.05, 4.69) is 33.0 Å². The van der Waals surface area contributed by atoms with Crippen LogP contribution in [-0.2, 0) is 0 Å². The van der Waals surface area contributed by atoms with Gasteiger partial charge < -0.3 is 10.4 Å². The standard InChI is InChI=1S/C17H26ClNO/c1-15(2)9-16(3,4)11-17(10-15,12-20)19-14-8-6-5-7-13(14)18/h5-8,19-20H,9-12H2,1-4H3. The molecule has 2 rings (SSSR count). The van der Waals surface area contributed by atoms with E-state index >= 15 is 0 Å². The summed E-state index contributed by atoms with van der Waals surface area (Å²) in [4.78, 5) is 0. The average Bonchev–Trinajstić information content (AvgIpc) is 2.28. The average molecular weight is 296 g/mol. The highest BCUT2D eigenvalue weighted by atomic mass is 35.5. The van der Waals surface area contributed by atoms with Gasteiger partial charge >= 0.3 is 0 Å². The molecular formula is C17H26ClNO. The Labute approximate surface area is 127 Å². The highest BCUT2D eigenvalue weighted by Crippen LogP contribution is 2.51. The SMILES string of the molecule is CC1(C)CC(C)(C)CC(CO)(Nc2ccccc2Cl)C1. The molecule has 20 heavy (non-hydrogen) atoms. The topological polar surface area (TPSA) is 32.3 Å². The number of rotatable bonds is 3. The predicted molar refractivity (Wildman–Crippen MR) is 86.3 cm³/mol. The summed E-state index contributed by atoms with van der Waals surface area (Å²) in [5.41, 5.74) is 1.03. The van der Waals surface area contributed by atoms with Crippen molar-refractivity contribution < 1.29 is 5.11 Å². The normalized spacial score (nSPS) is 23.3. The lowest BCUT2D eigenvalue weighted by Gasteiger charge is -2.52. The van der Waals surface area contributed by atoms with Crippen molar-refractivity contribution in [2.45, 2.75) is 52.5 Å². The van der Waals surface area contributed by atoms with Crippen LogP contribution in [0, 0.1) is 10.8 Å². The molecule has 1 fully saturated rings. The van der Waals surface area contributed by atoms with Crippen LogP contribution >= 0.6 is 11.6 Å². The summed E-state index contributed by atoms with van der Waals surface area (Å²) in [7, 11) is 0. The predicted octanol–water partition coefficient (Wildman–Crippen LogP) is 4.72. The first-order chi connectivity index (χ1) is 9.17. The molecule has 0 amide bonds. The first-order valence-corrected chi connectivity index (χ1v) is 7.69. The van der Waals surface area contributed by atoms with Crippen LogP contribution in [-0.4, -0.2) is 17.3 Å². The molecule has 3 heteroatoms. The molecule has 1 saturated carbocycles. The van der Waals surface area contributed by atoms with Crippen molar-refractivity contribution >= 4 is 17.3 Å². The van der Waals surface area contributed by atoms with Crippen LogP contribution in [0.3, 0.4) is 0 Å². The number of anilines is 1. The quantitative estimate of drug-likeness (QED) is 0.846. The fourth-order valence-electron chi connectivity index (χ4n) is 4.40. The summed E-state index contributed by atoms with van der Waals surface area (Å²) in [6, 6.07) is 7.76. The molecule has 0 unspecified atom stereocenters. The van der Waals surface area contributed by atoms with Gasteiger partial charge in [-0.1, -0.05) is 51.4 Å². The minimum Gasteiger partial charge on any atom is -0.394 e. The van der Waals surface area contributed by atoms with Gasteiger partial charge in [0.1, 0.15) is 0 Å². The van der Waals surface area contributed by atoms with Gasteiger partial charge in [0, 0.05) is 0 Å². The summed E-state index contributed by atoms with van der Waals surface area (Å²) in [6.45, 7) is 9.27. The van der Waals surface area contributed by atoms with Crippen molar-refractivity contribution in [3.05, 3.63) is 29.3 Å². The summed E-state index contributed by atoms with van der Waals surface area (Å²) in [6.07, 6.45) is 3.07. The van der Waals surface area contributed by atoms with E-state index in [1.54, 1.807) is 0 Å². The van der Waals surface area contributed by atoms with E-state index in [9.17, 15) is 5.11 Å². The molecule has 0 radical (unpaired) electrons. The molecule has 0 heterocycles. The number of para-hydroxylation sites is 1. The third-order valence-electron chi connectivity index (χ3n) is 4.17. The first kappa shape index (κ1) is 15.7. The third kappa shape index (κ3) is 3.48. The Morgan fingerprint density at radius 2 is 1.60 bits per heavy atom. The van der Waals surface area contributed by atoms with Crippen molar-refractivity contribution in [2.24, 2.45) is 10.8 Å². The number of hydrogen-bond acceptors (Lipinski definition) is 2. The Hall–Kier alpha value is -0.730. The third-order valence-corrected chi connectivity index (χ3v) is 4.50. The summed E-state index contributed by atoms with van der Waals surface area (Å²) in [5.74, 6) is 0. The molecule has 0 aliphatic heterocycles. The molecule has 0 aromatic heterocycles. The van der Waals surface area contributed by atoms with E-state index in [-0.39, 0.29) is 23.0 Å². The van der Waals surface area contributed by atoms with E-state index in [1.807, 2.05) is 24.3 Å². The van der Waals surface area contributed by atoms with Crippen molar-refractivity contribution in [3.8, 4) is 0 Å². The summed E-state index contributed by atoms with van der Waals surface area (Å²) < 4.78 is 0. The van der Waals surface area contributed by atoms with Crippen LogP contribution in [0.2, 0.25) is 5.02 Å². The van der Waals surface area contributed by atoms with Gasteiger partial charge in [-0.2, -0.15) is 0 Å². The largest absolute Gasteiger partial charge is 0.394 e. The molecule has 1 aromatic carbocycles. The lowest BCUT2D eigenvalue weighted by molar-refractivity contribution is 0.0288. The van der Waals surface area contributed by atoms with Crippen LogP contribution < -0.4 is 5.32 Å². The molecule has 0 saturated heterocycles. The number of aliphatic hydroxyl groups is 1. The Morgan fingerprint density at radius 1 is 1.05 bits per heavy atom. The molecule has 0 spiro atoms. The van der Waals surface area contributed by atoms with Gasteiger partial charge in [0.05, 0.1) is 22.9 Å². The Bertz CT molecular complexity index is 466. The fraction of sp³-hybridized carbons (Fsp3) is 0.647. The van der Waals surface area contributed by atoms with Gasteiger partial charge in [0.2, 0.25) is 0 Å². The molecule has 1 aromatic rings. The number of nitrogens with one attached hydrogen (secondary N) is 1. The Balaban J connectivity index is 2.31. The molecule has 0 atom stereocenters. The summed E-state index contributed by atoms with van der Waals surface area (Å²) in [5, 5.41) is 14.3. The van der Waals surface area contributed by atoms with Gasteiger partial charge in [0.25, 0.3) is 0 Å². The van der Waals surface area contributed by atoms with Gasteiger partial charge in [-0.25, -0.2) is 0 Å². The minimum atomic E-state index is -0.295. The maximum Gasteiger partial charge on any atom is 0.0661 e. The van der Waals surface area contributed by atoms with Crippen LogP contribution in [0.15, 0.2) is 24.3 Å². The highest BCUT2D eigenvalue weighted by molar-refractivity contribution is 6.33. The first-order valence-electron chi connectivity index (χ1n) is 7.31. The maximum absolute atomic E-state index is 10.1. The molecule has 1 aliphatic rings.